The molecule has 4 heteroatoms. The largest absolute Gasteiger partial charge is 0.494 e. The van der Waals surface area contributed by atoms with Gasteiger partial charge in [-0.15, -0.1) is 0 Å². The number of carbonyl (C=O) groups is 1. The molecule has 0 aliphatic carbocycles. The molecule has 0 aliphatic rings. The molecule has 2 aromatic heterocycles. The fraction of sp³-hybridized carbons (Fsp3) is 0.118. The summed E-state index contributed by atoms with van der Waals surface area (Å²) in [5.41, 5.74) is 3.87. The minimum absolute atomic E-state index is 0.186. The predicted molar refractivity (Wildman–Crippen MR) is 79.5 cm³/mol. The Morgan fingerprint density at radius 2 is 2.00 bits per heavy atom. The molecular weight excluding hydrogens is 269 g/mol. The highest BCUT2D eigenvalue weighted by Gasteiger charge is 2.13. The number of fused-ring (bicyclic) bond motifs is 1. The fourth-order valence-electron chi connectivity index (χ4n) is 2.50. The molecule has 3 rings (SSSR count). The van der Waals surface area contributed by atoms with E-state index >= 15 is 0 Å². The van der Waals surface area contributed by atoms with E-state index in [2.05, 4.69) is 0 Å². The molecule has 0 unspecified atom stereocenters. The van der Waals surface area contributed by atoms with Gasteiger partial charge in [0.25, 0.3) is 0 Å². The Bertz CT molecular complexity index is 836. The van der Waals surface area contributed by atoms with E-state index in [4.69, 9.17) is 4.74 Å². The summed E-state index contributed by atoms with van der Waals surface area (Å²) < 4.78 is 20.6. The maximum absolute atomic E-state index is 13.9. The predicted octanol–water partition coefficient (Wildman–Crippen LogP) is 3.87. The number of hydrogen-bond donors (Lipinski definition) is 0. The Labute approximate surface area is 121 Å². The average molecular weight is 283 g/mol. The van der Waals surface area contributed by atoms with Crippen molar-refractivity contribution in [3.05, 3.63) is 59.7 Å². The van der Waals surface area contributed by atoms with Crippen LogP contribution in [0.1, 0.15) is 16.1 Å². The van der Waals surface area contributed by atoms with Crippen LogP contribution in [0.4, 0.5) is 4.39 Å². The lowest BCUT2D eigenvalue weighted by Gasteiger charge is -2.05. The zero-order valence-corrected chi connectivity index (χ0v) is 11.8. The van der Waals surface area contributed by atoms with Crippen LogP contribution >= 0.6 is 0 Å². The first-order chi connectivity index (χ1) is 10.1. The van der Waals surface area contributed by atoms with Crippen LogP contribution in [-0.4, -0.2) is 17.8 Å². The summed E-state index contributed by atoms with van der Waals surface area (Å²) in [5.74, 6) is -0.260. The van der Waals surface area contributed by atoms with Crippen LogP contribution < -0.4 is 4.74 Å². The average Bonchev–Trinajstić information content (AvgIpc) is 2.84. The van der Waals surface area contributed by atoms with Crippen LogP contribution in [0.25, 0.3) is 16.6 Å². The van der Waals surface area contributed by atoms with Crippen molar-refractivity contribution in [2.75, 3.05) is 7.11 Å². The zero-order chi connectivity index (χ0) is 15.0. The minimum atomic E-state index is -0.446. The SMILES string of the molecule is COc1ccc(-c2cc3cc(C)ccn3c2C=O)cc1F. The molecule has 0 saturated carbocycles. The van der Waals surface area contributed by atoms with Crippen molar-refractivity contribution in [1.29, 1.82) is 0 Å². The summed E-state index contributed by atoms with van der Waals surface area (Å²) >= 11 is 0. The summed E-state index contributed by atoms with van der Waals surface area (Å²) in [6.45, 7) is 1.99. The van der Waals surface area contributed by atoms with Crippen LogP contribution in [0.2, 0.25) is 0 Å². The lowest BCUT2D eigenvalue weighted by atomic mass is 10.1. The van der Waals surface area contributed by atoms with Crippen molar-refractivity contribution in [2.24, 2.45) is 0 Å². The third-order valence-electron chi connectivity index (χ3n) is 3.54. The van der Waals surface area contributed by atoms with Gasteiger partial charge in [0, 0.05) is 17.3 Å². The summed E-state index contributed by atoms with van der Waals surface area (Å²) in [6.07, 6.45) is 2.64. The molecule has 106 valence electrons. The number of nitrogens with zero attached hydrogens (tertiary/aromatic N) is 1. The Balaban J connectivity index is 2.24. The maximum atomic E-state index is 13.9. The lowest BCUT2D eigenvalue weighted by Crippen LogP contribution is -1.93. The second kappa shape index (κ2) is 5.05. The Hall–Kier alpha value is -2.62. The van der Waals surface area contributed by atoms with Gasteiger partial charge in [-0.2, -0.15) is 0 Å². The third kappa shape index (κ3) is 2.18. The van der Waals surface area contributed by atoms with Gasteiger partial charge in [0.15, 0.2) is 17.9 Å². The van der Waals surface area contributed by atoms with Crippen LogP contribution in [0.15, 0.2) is 42.6 Å². The van der Waals surface area contributed by atoms with Crippen molar-refractivity contribution >= 4 is 11.8 Å². The highest BCUT2D eigenvalue weighted by atomic mass is 19.1. The zero-order valence-electron chi connectivity index (χ0n) is 11.8. The maximum Gasteiger partial charge on any atom is 0.167 e. The molecule has 0 N–H and O–H groups in total. The fourth-order valence-corrected chi connectivity index (χ4v) is 2.50. The van der Waals surface area contributed by atoms with Crippen molar-refractivity contribution in [3.8, 4) is 16.9 Å². The molecule has 1 aromatic carbocycles. The van der Waals surface area contributed by atoms with E-state index < -0.39 is 5.82 Å². The summed E-state index contributed by atoms with van der Waals surface area (Å²) in [7, 11) is 1.42. The molecular formula is C17H14FNO2. The molecule has 0 spiro atoms. The summed E-state index contributed by atoms with van der Waals surface area (Å²) in [6, 6.07) is 10.5. The highest BCUT2D eigenvalue weighted by molar-refractivity contribution is 5.90. The summed E-state index contributed by atoms with van der Waals surface area (Å²) in [5, 5.41) is 0. The van der Waals surface area contributed by atoms with Gasteiger partial charge in [0.05, 0.1) is 12.8 Å². The number of rotatable bonds is 3. The third-order valence-corrected chi connectivity index (χ3v) is 3.54. The minimum Gasteiger partial charge on any atom is -0.494 e. The number of methoxy groups -OCH3 is 1. The van der Waals surface area contributed by atoms with E-state index in [1.807, 2.05) is 31.3 Å². The van der Waals surface area contributed by atoms with Crippen LogP contribution in [0.3, 0.4) is 0 Å². The second-order valence-electron chi connectivity index (χ2n) is 4.91. The Kier molecular flexibility index (Phi) is 3.22. The lowest BCUT2D eigenvalue weighted by molar-refractivity contribution is 0.111. The van der Waals surface area contributed by atoms with E-state index in [0.29, 0.717) is 16.8 Å². The monoisotopic (exact) mass is 283 g/mol. The second-order valence-corrected chi connectivity index (χ2v) is 4.91. The van der Waals surface area contributed by atoms with E-state index in [9.17, 15) is 9.18 Å². The van der Waals surface area contributed by atoms with Gasteiger partial charge in [-0.1, -0.05) is 6.07 Å². The number of ether oxygens (including phenoxy) is 1. The quantitative estimate of drug-likeness (QED) is 0.683. The number of carbonyl (C=O) groups excluding carboxylic acids is 1. The van der Waals surface area contributed by atoms with E-state index in [1.54, 1.807) is 16.5 Å². The van der Waals surface area contributed by atoms with E-state index in [0.717, 1.165) is 17.4 Å². The molecule has 0 radical (unpaired) electrons. The van der Waals surface area contributed by atoms with Crippen molar-refractivity contribution in [3.63, 3.8) is 0 Å². The number of pyridine rings is 1. The molecule has 0 saturated heterocycles. The Morgan fingerprint density at radius 3 is 2.67 bits per heavy atom. The molecule has 3 aromatic rings. The highest BCUT2D eigenvalue weighted by Crippen LogP contribution is 2.30. The molecule has 0 atom stereocenters. The number of benzene rings is 1. The van der Waals surface area contributed by atoms with Crippen LogP contribution in [-0.2, 0) is 0 Å². The molecule has 3 nitrogen and oxygen atoms in total. The molecule has 2 heterocycles. The normalized spacial score (nSPS) is 10.8. The van der Waals surface area contributed by atoms with E-state index in [-0.39, 0.29) is 5.75 Å². The van der Waals surface area contributed by atoms with Crippen molar-refractivity contribution < 1.29 is 13.9 Å². The van der Waals surface area contributed by atoms with Gasteiger partial charge in [0.2, 0.25) is 0 Å². The first kappa shape index (κ1) is 13.4. The van der Waals surface area contributed by atoms with E-state index in [1.165, 1.54) is 13.2 Å². The van der Waals surface area contributed by atoms with Gasteiger partial charge in [-0.05, 0) is 48.4 Å². The van der Waals surface area contributed by atoms with Gasteiger partial charge in [-0.3, -0.25) is 4.79 Å². The molecule has 0 bridgehead atoms. The summed E-state index contributed by atoms with van der Waals surface area (Å²) in [4.78, 5) is 11.4. The first-order valence-electron chi connectivity index (χ1n) is 6.55. The molecule has 0 fully saturated rings. The number of halogens is 1. The number of aryl methyl sites for hydroxylation is 1. The van der Waals surface area contributed by atoms with Gasteiger partial charge in [0.1, 0.15) is 0 Å². The Morgan fingerprint density at radius 1 is 1.19 bits per heavy atom. The number of hydrogen-bond acceptors (Lipinski definition) is 2. The van der Waals surface area contributed by atoms with Crippen molar-refractivity contribution in [1.82, 2.24) is 4.40 Å². The molecule has 0 aliphatic heterocycles. The van der Waals surface area contributed by atoms with Crippen LogP contribution in [0, 0.1) is 12.7 Å². The van der Waals surface area contributed by atoms with Gasteiger partial charge < -0.3 is 9.14 Å². The van der Waals surface area contributed by atoms with Gasteiger partial charge >= 0.3 is 0 Å². The molecule has 0 amide bonds. The first-order valence-corrected chi connectivity index (χ1v) is 6.55. The topological polar surface area (TPSA) is 30.7 Å². The van der Waals surface area contributed by atoms with Gasteiger partial charge in [-0.25, -0.2) is 4.39 Å². The smallest absolute Gasteiger partial charge is 0.167 e. The molecule has 21 heavy (non-hydrogen) atoms. The number of aromatic nitrogens is 1. The van der Waals surface area contributed by atoms with Crippen molar-refractivity contribution in [2.45, 2.75) is 6.92 Å². The van der Waals surface area contributed by atoms with Crippen LogP contribution in [0.5, 0.6) is 5.75 Å². The standard InChI is InChI=1S/C17H14FNO2/c1-11-5-6-19-13(7-11)9-14(16(19)10-20)12-3-4-17(21-2)15(18)8-12/h3-10H,1-2H3. The number of aldehydes is 1.